The van der Waals surface area contributed by atoms with E-state index in [4.69, 9.17) is 10.5 Å². The monoisotopic (exact) mass is 199 g/mol. The highest BCUT2D eigenvalue weighted by Gasteiger charge is 2.20. The summed E-state index contributed by atoms with van der Waals surface area (Å²) in [6.45, 7) is 5.41. The van der Waals surface area contributed by atoms with Gasteiger partial charge in [-0.05, 0) is 24.8 Å². The Morgan fingerprint density at radius 3 is 2.85 bits per heavy atom. The van der Waals surface area contributed by atoms with Gasteiger partial charge in [0.15, 0.2) is 0 Å². The van der Waals surface area contributed by atoms with Gasteiger partial charge in [0.1, 0.15) is 0 Å². The molecule has 0 bridgehead atoms. The van der Waals surface area contributed by atoms with Crippen LogP contribution in [-0.2, 0) is 11.3 Å². The maximum absolute atomic E-state index is 5.76. The molecule has 1 aromatic heterocycles. The van der Waals surface area contributed by atoms with E-state index in [0.717, 1.165) is 6.42 Å². The van der Waals surface area contributed by atoms with Crippen LogP contribution in [0.2, 0.25) is 0 Å². The van der Waals surface area contributed by atoms with Crippen LogP contribution in [0.15, 0.2) is 17.5 Å². The molecule has 1 atom stereocenters. The summed E-state index contributed by atoms with van der Waals surface area (Å²) in [6.07, 6.45) is 0.953. The summed E-state index contributed by atoms with van der Waals surface area (Å²) >= 11 is 1.72. The molecular formula is C10H17NOS. The highest BCUT2D eigenvalue weighted by molar-refractivity contribution is 7.09. The minimum absolute atomic E-state index is 0.163. The Balaban J connectivity index is 2.41. The van der Waals surface area contributed by atoms with E-state index in [-0.39, 0.29) is 5.60 Å². The molecule has 1 rings (SSSR count). The second-order valence-electron chi connectivity index (χ2n) is 3.38. The van der Waals surface area contributed by atoms with Crippen LogP contribution in [0.1, 0.15) is 25.1 Å². The Morgan fingerprint density at radius 2 is 2.38 bits per heavy atom. The summed E-state index contributed by atoms with van der Waals surface area (Å²) in [4.78, 5) is 1.26. The zero-order chi connectivity index (χ0) is 9.73. The van der Waals surface area contributed by atoms with E-state index in [2.05, 4.69) is 25.3 Å². The molecule has 1 heterocycles. The molecule has 0 spiro atoms. The molecule has 1 aromatic rings. The average molecular weight is 199 g/mol. The zero-order valence-electron chi connectivity index (χ0n) is 8.25. The summed E-state index contributed by atoms with van der Waals surface area (Å²) in [5.74, 6) is 0. The number of hydrogen-bond acceptors (Lipinski definition) is 3. The molecule has 1 unspecified atom stereocenters. The maximum Gasteiger partial charge on any atom is 0.0817 e. The standard InChI is InChI=1S/C10H17NOS/c1-3-10(2,8-11)12-7-9-5-4-6-13-9/h4-6H,3,7-8,11H2,1-2H3. The molecule has 0 saturated heterocycles. The topological polar surface area (TPSA) is 35.2 Å². The molecule has 2 N–H and O–H groups in total. The normalized spacial score (nSPS) is 15.6. The molecule has 0 aromatic carbocycles. The highest BCUT2D eigenvalue weighted by Crippen LogP contribution is 2.18. The van der Waals surface area contributed by atoms with Gasteiger partial charge in [0.25, 0.3) is 0 Å². The Bertz CT molecular complexity index is 229. The van der Waals surface area contributed by atoms with Crippen LogP contribution in [0.5, 0.6) is 0 Å². The number of thiophene rings is 1. The summed E-state index contributed by atoms with van der Waals surface area (Å²) < 4.78 is 5.76. The maximum atomic E-state index is 5.76. The van der Waals surface area contributed by atoms with Crippen molar-refractivity contribution in [3.05, 3.63) is 22.4 Å². The van der Waals surface area contributed by atoms with E-state index in [1.54, 1.807) is 11.3 Å². The fourth-order valence-electron chi connectivity index (χ4n) is 0.945. The molecule has 3 heteroatoms. The van der Waals surface area contributed by atoms with Crippen molar-refractivity contribution in [3.8, 4) is 0 Å². The van der Waals surface area contributed by atoms with E-state index in [0.29, 0.717) is 13.2 Å². The summed E-state index contributed by atoms with van der Waals surface area (Å²) in [5, 5.41) is 2.06. The molecule has 0 aliphatic carbocycles. The lowest BCUT2D eigenvalue weighted by molar-refractivity contribution is -0.0376. The first-order valence-corrected chi connectivity index (χ1v) is 5.44. The van der Waals surface area contributed by atoms with Gasteiger partial charge in [0.05, 0.1) is 12.2 Å². The highest BCUT2D eigenvalue weighted by atomic mass is 32.1. The van der Waals surface area contributed by atoms with Crippen molar-refractivity contribution in [2.45, 2.75) is 32.5 Å². The molecule has 0 saturated carbocycles. The lowest BCUT2D eigenvalue weighted by atomic mass is 10.0. The van der Waals surface area contributed by atoms with E-state index >= 15 is 0 Å². The van der Waals surface area contributed by atoms with Crippen molar-refractivity contribution < 1.29 is 4.74 Å². The number of ether oxygens (including phenoxy) is 1. The molecule has 0 aliphatic rings. The van der Waals surface area contributed by atoms with Gasteiger partial charge in [-0.3, -0.25) is 0 Å². The van der Waals surface area contributed by atoms with Gasteiger partial charge in [-0.2, -0.15) is 0 Å². The van der Waals surface area contributed by atoms with E-state index in [9.17, 15) is 0 Å². The van der Waals surface area contributed by atoms with Gasteiger partial charge in [-0.1, -0.05) is 13.0 Å². The van der Waals surface area contributed by atoms with Crippen LogP contribution in [0.4, 0.5) is 0 Å². The van der Waals surface area contributed by atoms with Crippen LogP contribution in [0, 0.1) is 0 Å². The predicted octanol–water partition coefficient (Wildman–Crippen LogP) is 2.39. The predicted molar refractivity (Wildman–Crippen MR) is 56.9 cm³/mol. The molecule has 13 heavy (non-hydrogen) atoms. The zero-order valence-corrected chi connectivity index (χ0v) is 9.06. The third kappa shape index (κ3) is 3.10. The lowest BCUT2D eigenvalue weighted by Gasteiger charge is -2.26. The molecule has 74 valence electrons. The smallest absolute Gasteiger partial charge is 0.0817 e. The minimum Gasteiger partial charge on any atom is -0.368 e. The van der Waals surface area contributed by atoms with Crippen LogP contribution >= 0.6 is 11.3 Å². The van der Waals surface area contributed by atoms with Gasteiger partial charge in [0.2, 0.25) is 0 Å². The van der Waals surface area contributed by atoms with Crippen LogP contribution in [0.3, 0.4) is 0 Å². The van der Waals surface area contributed by atoms with Crippen molar-refractivity contribution in [1.82, 2.24) is 0 Å². The summed E-state index contributed by atoms with van der Waals surface area (Å²) in [6, 6.07) is 4.12. The van der Waals surface area contributed by atoms with Crippen LogP contribution in [0.25, 0.3) is 0 Å². The van der Waals surface area contributed by atoms with Gasteiger partial charge < -0.3 is 10.5 Å². The second-order valence-corrected chi connectivity index (χ2v) is 4.41. The van der Waals surface area contributed by atoms with Crippen molar-refractivity contribution in [1.29, 1.82) is 0 Å². The van der Waals surface area contributed by atoms with Gasteiger partial charge >= 0.3 is 0 Å². The van der Waals surface area contributed by atoms with Crippen molar-refractivity contribution >= 4 is 11.3 Å². The number of rotatable bonds is 5. The molecule has 2 nitrogen and oxygen atoms in total. The first-order valence-electron chi connectivity index (χ1n) is 4.56. The van der Waals surface area contributed by atoms with Gasteiger partial charge in [-0.15, -0.1) is 11.3 Å². The number of nitrogens with two attached hydrogens (primary N) is 1. The average Bonchev–Trinajstić information content (AvgIpc) is 2.67. The fourth-order valence-corrected chi connectivity index (χ4v) is 1.56. The van der Waals surface area contributed by atoms with Crippen molar-refractivity contribution in [3.63, 3.8) is 0 Å². The Hall–Kier alpha value is -0.380. The quantitative estimate of drug-likeness (QED) is 0.790. The Morgan fingerprint density at radius 1 is 1.62 bits per heavy atom. The lowest BCUT2D eigenvalue weighted by Crippen LogP contribution is -2.36. The van der Waals surface area contributed by atoms with E-state index in [1.165, 1.54) is 4.88 Å². The molecule has 0 amide bonds. The largest absolute Gasteiger partial charge is 0.368 e. The molecule has 0 fully saturated rings. The summed E-state index contributed by atoms with van der Waals surface area (Å²) in [5.41, 5.74) is 5.47. The number of hydrogen-bond donors (Lipinski definition) is 1. The third-order valence-electron chi connectivity index (χ3n) is 2.32. The first-order chi connectivity index (χ1) is 6.20. The Kier molecular flexibility index (Phi) is 3.90. The van der Waals surface area contributed by atoms with E-state index < -0.39 is 0 Å². The second kappa shape index (κ2) is 4.74. The Labute approximate surface area is 83.7 Å². The molecule has 0 aliphatic heterocycles. The first kappa shape index (κ1) is 10.7. The molecular weight excluding hydrogens is 182 g/mol. The summed E-state index contributed by atoms with van der Waals surface area (Å²) in [7, 11) is 0. The van der Waals surface area contributed by atoms with Gasteiger partial charge in [0, 0.05) is 11.4 Å². The van der Waals surface area contributed by atoms with Crippen LogP contribution < -0.4 is 5.73 Å². The van der Waals surface area contributed by atoms with Crippen molar-refractivity contribution in [2.75, 3.05) is 6.54 Å². The third-order valence-corrected chi connectivity index (χ3v) is 3.17. The SMILES string of the molecule is CCC(C)(CN)OCc1cccs1. The van der Waals surface area contributed by atoms with Crippen LogP contribution in [-0.4, -0.2) is 12.1 Å². The fraction of sp³-hybridized carbons (Fsp3) is 0.600. The van der Waals surface area contributed by atoms with Gasteiger partial charge in [-0.25, -0.2) is 0 Å². The van der Waals surface area contributed by atoms with E-state index in [1.807, 2.05) is 6.07 Å². The minimum atomic E-state index is -0.163. The molecule has 0 radical (unpaired) electrons. The van der Waals surface area contributed by atoms with Crippen molar-refractivity contribution in [2.24, 2.45) is 5.73 Å².